The number of fused-ring (bicyclic) bond motifs is 1. The molecule has 0 unspecified atom stereocenters. The Labute approximate surface area is 84.4 Å². The number of carboxylic acids is 1. The number of aryl methyl sites for hydroxylation is 2. The lowest BCUT2D eigenvalue weighted by atomic mass is 10.3. The van der Waals surface area contributed by atoms with Crippen molar-refractivity contribution in [2.45, 2.75) is 6.92 Å². The minimum absolute atomic E-state index is 0.0701. The van der Waals surface area contributed by atoms with Crippen molar-refractivity contribution in [1.29, 1.82) is 0 Å². The summed E-state index contributed by atoms with van der Waals surface area (Å²) in [6.45, 7) is 1.76. The van der Waals surface area contributed by atoms with Crippen LogP contribution in [0.2, 0.25) is 0 Å². The number of nitrogens with zero attached hydrogens (tertiary/aromatic N) is 3. The third kappa shape index (κ3) is 1.22. The number of carbonyl (C=O) groups is 1. The maximum absolute atomic E-state index is 11.7. The zero-order valence-corrected chi connectivity index (χ0v) is 8.26. The summed E-state index contributed by atoms with van der Waals surface area (Å²) < 4.78 is 2.69. The molecule has 2 aromatic rings. The molecule has 0 aromatic carbocycles. The van der Waals surface area contributed by atoms with Gasteiger partial charge in [-0.15, -0.1) is 0 Å². The highest BCUT2D eigenvalue weighted by atomic mass is 16.4. The summed E-state index contributed by atoms with van der Waals surface area (Å²) in [6, 6.07) is 0. The number of aromatic nitrogens is 3. The lowest BCUT2D eigenvalue weighted by Gasteiger charge is -2.02. The van der Waals surface area contributed by atoms with Crippen LogP contribution in [0.3, 0.4) is 0 Å². The second-order valence-electron chi connectivity index (χ2n) is 3.31. The van der Waals surface area contributed by atoms with Crippen molar-refractivity contribution in [3.05, 3.63) is 34.0 Å². The van der Waals surface area contributed by atoms with Crippen LogP contribution in [0.25, 0.3) is 5.52 Å². The number of carboxylic acid groups (broad SMARTS) is 1. The Bertz CT molecular complexity index is 609. The van der Waals surface area contributed by atoms with E-state index in [1.165, 1.54) is 15.3 Å². The lowest BCUT2D eigenvalue weighted by molar-refractivity contribution is 0.0699. The van der Waals surface area contributed by atoms with Crippen molar-refractivity contribution < 1.29 is 9.90 Å². The van der Waals surface area contributed by atoms with Gasteiger partial charge in [-0.3, -0.25) is 4.79 Å². The van der Waals surface area contributed by atoms with Gasteiger partial charge in [0.2, 0.25) is 0 Å². The highest BCUT2D eigenvalue weighted by molar-refractivity contribution is 5.95. The first-order chi connectivity index (χ1) is 7.02. The Balaban J connectivity index is 3.02. The fraction of sp³-hybridized carbons (Fsp3) is 0.222. The third-order valence-electron chi connectivity index (χ3n) is 2.24. The molecule has 15 heavy (non-hydrogen) atoms. The predicted octanol–water partition coefficient (Wildman–Crippen LogP) is 0.0396. The molecule has 0 aliphatic carbocycles. The molecule has 0 aliphatic rings. The molecule has 0 amide bonds. The van der Waals surface area contributed by atoms with E-state index in [4.69, 9.17) is 5.11 Å². The fourth-order valence-corrected chi connectivity index (χ4v) is 1.54. The molecule has 2 rings (SSSR count). The van der Waals surface area contributed by atoms with Crippen molar-refractivity contribution >= 4 is 11.5 Å². The molecule has 6 nitrogen and oxygen atoms in total. The zero-order chi connectivity index (χ0) is 11.2. The molecule has 6 heteroatoms. The van der Waals surface area contributed by atoms with Crippen LogP contribution in [0.15, 0.2) is 17.2 Å². The van der Waals surface area contributed by atoms with Crippen LogP contribution >= 0.6 is 0 Å². The van der Waals surface area contributed by atoms with Crippen molar-refractivity contribution in [3.63, 3.8) is 0 Å². The van der Waals surface area contributed by atoms with Crippen molar-refractivity contribution in [2.75, 3.05) is 0 Å². The molecule has 0 spiro atoms. The summed E-state index contributed by atoms with van der Waals surface area (Å²) in [4.78, 5) is 22.6. The van der Waals surface area contributed by atoms with Gasteiger partial charge < -0.3 is 9.67 Å². The van der Waals surface area contributed by atoms with E-state index in [1.54, 1.807) is 20.2 Å². The summed E-state index contributed by atoms with van der Waals surface area (Å²) in [7, 11) is 1.58. The molecule has 0 atom stereocenters. The van der Waals surface area contributed by atoms with E-state index >= 15 is 0 Å². The van der Waals surface area contributed by atoms with Crippen LogP contribution in [0.5, 0.6) is 0 Å². The Morgan fingerprint density at radius 1 is 1.53 bits per heavy atom. The van der Waals surface area contributed by atoms with Gasteiger partial charge in [0.15, 0.2) is 0 Å². The number of aromatic carboxylic acids is 1. The zero-order valence-electron chi connectivity index (χ0n) is 8.26. The smallest absolute Gasteiger partial charge is 0.339 e. The molecule has 0 fully saturated rings. The summed E-state index contributed by atoms with van der Waals surface area (Å²) in [5.41, 5.74) is 0.374. The second kappa shape index (κ2) is 2.94. The molecule has 2 heterocycles. The van der Waals surface area contributed by atoms with Gasteiger partial charge in [0.05, 0.1) is 11.9 Å². The molecule has 0 saturated carbocycles. The standard InChI is InChI=1S/C9H9N3O3/c1-5-4-11(2)8(13)7-6(9(14)15)3-10-12(5)7/h3-4H,1-2H3,(H,14,15). The Kier molecular flexibility index (Phi) is 1.85. The maximum Gasteiger partial charge on any atom is 0.339 e. The quantitative estimate of drug-likeness (QED) is 0.716. The van der Waals surface area contributed by atoms with Gasteiger partial charge in [-0.25, -0.2) is 9.31 Å². The van der Waals surface area contributed by atoms with Crippen LogP contribution in [0.1, 0.15) is 16.1 Å². The second-order valence-corrected chi connectivity index (χ2v) is 3.31. The molecular weight excluding hydrogens is 198 g/mol. The largest absolute Gasteiger partial charge is 0.478 e. The Hall–Kier alpha value is -2.11. The topological polar surface area (TPSA) is 76.6 Å². The van der Waals surface area contributed by atoms with Gasteiger partial charge >= 0.3 is 5.97 Å². The molecular formula is C9H9N3O3. The SMILES string of the molecule is Cc1cn(C)c(=O)c2c(C(=O)O)cnn12. The summed E-state index contributed by atoms with van der Waals surface area (Å²) in [5, 5.41) is 12.7. The number of hydrogen-bond acceptors (Lipinski definition) is 3. The average Bonchev–Trinajstić information content (AvgIpc) is 2.58. The minimum atomic E-state index is -1.15. The van der Waals surface area contributed by atoms with Crippen molar-refractivity contribution in [2.24, 2.45) is 7.05 Å². The molecule has 2 aromatic heterocycles. The molecule has 0 bridgehead atoms. The Morgan fingerprint density at radius 3 is 2.80 bits per heavy atom. The van der Waals surface area contributed by atoms with Crippen LogP contribution in [-0.2, 0) is 7.05 Å². The fourth-order valence-electron chi connectivity index (χ4n) is 1.54. The van der Waals surface area contributed by atoms with E-state index in [2.05, 4.69) is 5.10 Å². The maximum atomic E-state index is 11.7. The van der Waals surface area contributed by atoms with E-state index in [0.29, 0.717) is 5.69 Å². The third-order valence-corrected chi connectivity index (χ3v) is 2.24. The first-order valence-corrected chi connectivity index (χ1v) is 4.29. The van der Waals surface area contributed by atoms with Gasteiger partial charge in [-0.05, 0) is 6.92 Å². The summed E-state index contributed by atoms with van der Waals surface area (Å²) >= 11 is 0. The van der Waals surface area contributed by atoms with Crippen LogP contribution in [0, 0.1) is 6.92 Å². The van der Waals surface area contributed by atoms with E-state index in [-0.39, 0.29) is 16.6 Å². The molecule has 78 valence electrons. The summed E-state index contributed by atoms with van der Waals surface area (Å²) in [5.74, 6) is -1.15. The molecule has 1 N–H and O–H groups in total. The number of hydrogen-bond donors (Lipinski definition) is 1. The number of rotatable bonds is 1. The van der Waals surface area contributed by atoms with Gasteiger partial charge in [-0.1, -0.05) is 0 Å². The van der Waals surface area contributed by atoms with Gasteiger partial charge in [0, 0.05) is 13.2 Å². The minimum Gasteiger partial charge on any atom is -0.478 e. The van der Waals surface area contributed by atoms with E-state index in [1.807, 2.05) is 0 Å². The van der Waals surface area contributed by atoms with Crippen LogP contribution < -0.4 is 5.56 Å². The molecule has 0 radical (unpaired) electrons. The average molecular weight is 207 g/mol. The molecule has 0 aliphatic heterocycles. The first-order valence-electron chi connectivity index (χ1n) is 4.29. The van der Waals surface area contributed by atoms with Gasteiger partial charge in [0.1, 0.15) is 11.1 Å². The highest BCUT2D eigenvalue weighted by Gasteiger charge is 2.16. The van der Waals surface area contributed by atoms with Crippen LogP contribution in [0.4, 0.5) is 0 Å². The van der Waals surface area contributed by atoms with Gasteiger partial charge in [0.25, 0.3) is 5.56 Å². The lowest BCUT2D eigenvalue weighted by Crippen LogP contribution is -2.21. The van der Waals surface area contributed by atoms with E-state index < -0.39 is 5.97 Å². The monoisotopic (exact) mass is 207 g/mol. The van der Waals surface area contributed by atoms with E-state index in [9.17, 15) is 9.59 Å². The van der Waals surface area contributed by atoms with Crippen molar-refractivity contribution in [3.8, 4) is 0 Å². The van der Waals surface area contributed by atoms with Crippen molar-refractivity contribution in [1.82, 2.24) is 14.2 Å². The normalized spacial score (nSPS) is 10.8. The van der Waals surface area contributed by atoms with Crippen LogP contribution in [-0.4, -0.2) is 25.3 Å². The molecule has 0 saturated heterocycles. The Morgan fingerprint density at radius 2 is 2.20 bits per heavy atom. The highest BCUT2D eigenvalue weighted by Crippen LogP contribution is 2.07. The first kappa shape index (κ1) is 9.45. The summed E-state index contributed by atoms with van der Waals surface area (Å²) in [6.07, 6.45) is 2.79. The predicted molar refractivity (Wildman–Crippen MR) is 52.1 cm³/mol. The van der Waals surface area contributed by atoms with Gasteiger partial charge in [-0.2, -0.15) is 5.10 Å². The van der Waals surface area contributed by atoms with E-state index in [0.717, 1.165) is 0 Å².